The molecule has 0 aliphatic carbocycles. The van der Waals surface area contributed by atoms with Crippen molar-refractivity contribution < 1.29 is 13.5 Å². The van der Waals surface area contributed by atoms with Gasteiger partial charge >= 0.3 is 0 Å². The van der Waals surface area contributed by atoms with E-state index in [1.54, 1.807) is 12.1 Å². The molecule has 7 heteroatoms. The molecule has 23 heavy (non-hydrogen) atoms. The second-order valence-corrected chi connectivity index (χ2v) is 7.14. The van der Waals surface area contributed by atoms with Crippen LogP contribution < -0.4 is 5.32 Å². The van der Waals surface area contributed by atoms with E-state index in [1.807, 2.05) is 18.2 Å². The second kappa shape index (κ2) is 8.57. The van der Waals surface area contributed by atoms with Crippen molar-refractivity contribution in [3.05, 3.63) is 42.0 Å². The highest BCUT2D eigenvalue weighted by Gasteiger charge is 2.14. The van der Waals surface area contributed by atoms with E-state index in [9.17, 15) is 9.00 Å². The Balaban J connectivity index is 1.79. The zero-order chi connectivity index (χ0) is 16.7. The number of nitrogens with zero attached hydrogens (tertiary/aromatic N) is 2. The van der Waals surface area contributed by atoms with Gasteiger partial charge < -0.3 is 9.84 Å². The van der Waals surface area contributed by atoms with Gasteiger partial charge in [0, 0.05) is 22.9 Å². The van der Waals surface area contributed by atoms with E-state index in [0.29, 0.717) is 23.3 Å². The molecule has 2 aromatic rings. The van der Waals surface area contributed by atoms with Crippen molar-refractivity contribution >= 4 is 22.4 Å². The van der Waals surface area contributed by atoms with Crippen LogP contribution in [0.1, 0.15) is 32.0 Å². The fourth-order valence-corrected chi connectivity index (χ4v) is 2.78. The van der Waals surface area contributed by atoms with Gasteiger partial charge in [0.25, 0.3) is 0 Å². The molecule has 1 amide bonds. The van der Waals surface area contributed by atoms with Gasteiger partial charge in [-0.3, -0.25) is 9.00 Å². The molecule has 0 saturated heterocycles. The van der Waals surface area contributed by atoms with Crippen LogP contribution >= 0.6 is 0 Å². The van der Waals surface area contributed by atoms with E-state index in [0.717, 1.165) is 12.8 Å². The average molecular weight is 335 g/mol. The molecule has 0 fully saturated rings. The number of hydrogen-bond donors (Lipinski definition) is 1. The van der Waals surface area contributed by atoms with E-state index in [1.165, 1.54) is 0 Å². The first-order valence-corrected chi connectivity index (χ1v) is 9.03. The number of aryl methyl sites for hydroxylation is 1. The van der Waals surface area contributed by atoms with Crippen LogP contribution in [0.15, 0.2) is 34.9 Å². The van der Waals surface area contributed by atoms with Crippen molar-refractivity contribution in [2.45, 2.75) is 32.4 Å². The topological polar surface area (TPSA) is 85.1 Å². The molecule has 0 unspecified atom stereocenters. The lowest BCUT2D eigenvalue weighted by molar-refractivity contribution is -0.113. The second-order valence-electron chi connectivity index (χ2n) is 5.68. The Hall–Kier alpha value is -2.02. The molecule has 0 saturated carbocycles. The third kappa shape index (κ3) is 6.32. The maximum atomic E-state index is 12.0. The van der Waals surface area contributed by atoms with Crippen molar-refractivity contribution in [1.82, 2.24) is 10.1 Å². The van der Waals surface area contributed by atoms with Crippen LogP contribution in [-0.2, 0) is 27.8 Å². The minimum absolute atomic E-state index is 0.0941. The van der Waals surface area contributed by atoms with Gasteiger partial charge in [-0.2, -0.15) is 4.98 Å². The molecule has 124 valence electrons. The Labute approximate surface area is 138 Å². The smallest absolute Gasteiger partial charge is 0.239 e. The lowest BCUT2D eigenvalue weighted by Gasteiger charge is -2.03. The summed E-state index contributed by atoms with van der Waals surface area (Å²) in [5.41, 5.74) is 0.684. The molecule has 1 aromatic carbocycles. The molecular weight excluding hydrogens is 314 g/mol. The van der Waals surface area contributed by atoms with Crippen LogP contribution in [0.4, 0.5) is 5.69 Å². The summed E-state index contributed by atoms with van der Waals surface area (Å²) in [5.74, 6) is 1.20. The van der Waals surface area contributed by atoms with Gasteiger partial charge in [0.05, 0.1) is 0 Å². The van der Waals surface area contributed by atoms with Crippen molar-refractivity contribution in [2.75, 3.05) is 11.1 Å². The number of carbonyl (C=O) groups is 1. The number of amides is 1. The van der Waals surface area contributed by atoms with Crippen LogP contribution in [0, 0.1) is 5.92 Å². The third-order valence-electron chi connectivity index (χ3n) is 3.09. The summed E-state index contributed by atoms with van der Waals surface area (Å²) in [6, 6.07) is 9.06. The number of carbonyl (C=O) groups excluding carboxylic acids is 1. The van der Waals surface area contributed by atoms with Crippen molar-refractivity contribution in [2.24, 2.45) is 5.92 Å². The molecule has 1 N–H and O–H groups in total. The summed E-state index contributed by atoms with van der Waals surface area (Å²) in [6.07, 6.45) is 1.71. The Bertz CT molecular complexity index is 656. The lowest BCUT2D eigenvalue weighted by Crippen LogP contribution is -2.20. The summed E-state index contributed by atoms with van der Waals surface area (Å²) in [6.45, 7) is 4.25. The van der Waals surface area contributed by atoms with Gasteiger partial charge in [-0.1, -0.05) is 37.2 Å². The Morgan fingerprint density at radius 3 is 2.74 bits per heavy atom. The van der Waals surface area contributed by atoms with Gasteiger partial charge in [0.2, 0.25) is 11.8 Å². The summed E-state index contributed by atoms with van der Waals surface area (Å²) in [5, 5.41) is 6.56. The molecular formula is C16H21N3O3S. The normalized spacial score (nSPS) is 12.3. The number of anilines is 1. The highest BCUT2D eigenvalue weighted by atomic mass is 32.2. The first-order chi connectivity index (χ1) is 11.0. The largest absolute Gasteiger partial charge is 0.338 e. The predicted molar refractivity (Wildman–Crippen MR) is 89.2 cm³/mol. The fourth-order valence-electron chi connectivity index (χ4n) is 1.92. The zero-order valence-corrected chi connectivity index (χ0v) is 14.1. The van der Waals surface area contributed by atoms with E-state index in [4.69, 9.17) is 4.52 Å². The summed E-state index contributed by atoms with van der Waals surface area (Å²) in [7, 11) is -1.38. The highest BCUT2D eigenvalue weighted by Crippen LogP contribution is 2.09. The first kappa shape index (κ1) is 17.3. The van der Waals surface area contributed by atoms with Gasteiger partial charge in [-0.15, -0.1) is 0 Å². The van der Waals surface area contributed by atoms with Crippen LogP contribution in [-0.4, -0.2) is 26.0 Å². The number of benzene rings is 1. The van der Waals surface area contributed by atoms with Gasteiger partial charge in [0.15, 0.2) is 5.82 Å². The van der Waals surface area contributed by atoms with Crippen molar-refractivity contribution in [3.63, 3.8) is 0 Å². The quantitative estimate of drug-likeness (QED) is 0.801. The maximum absolute atomic E-state index is 12.0. The summed E-state index contributed by atoms with van der Waals surface area (Å²) < 4.78 is 17.1. The average Bonchev–Trinajstić information content (AvgIpc) is 2.93. The summed E-state index contributed by atoms with van der Waals surface area (Å²) in [4.78, 5) is 16.0. The molecule has 6 nitrogen and oxygen atoms in total. The number of hydrogen-bond acceptors (Lipinski definition) is 5. The predicted octanol–water partition coefficient (Wildman–Crippen LogP) is 2.55. The Morgan fingerprint density at radius 2 is 2.04 bits per heavy atom. The fraction of sp³-hybridized carbons (Fsp3) is 0.438. The number of aromatic nitrogens is 2. The van der Waals surface area contributed by atoms with Crippen LogP contribution in [0.5, 0.6) is 0 Å². The maximum Gasteiger partial charge on any atom is 0.239 e. The number of nitrogens with one attached hydrogen (secondary N) is 1. The number of para-hydroxylation sites is 1. The zero-order valence-electron chi connectivity index (χ0n) is 13.3. The van der Waals surface area contributed by atoms with Crippen LogP contribution in [0.3, 0.4) is 0 Å². The molecule has 2 rings (SSSR count). The Morgan fingerprint density at radius 1 is 1.30 bits per heavy atom. The molecule has 1 aromatic heterocycles. The molecule has 0 spiro atoms. The van der Waals surface area contributed by atoms with Crippen molar-refractivity contribution in [1.29, 1.82) is 0 Å². The third-order valence-corrected chi connectivity index (χ3v) is 4.24. The van der Waals surface area contributed by atoms with E-state index in [-0.39, 0.29) is 17.4 Å². The monoisotopic (exact) mass is 335 g/mol. The standard InChI is InChI=1S/C16H21N3O3S/c1-12(2)8-9-14-18-16(22-19-14)11-23(21)10-15(20)17-13-6-4-3-5-7-13/h3-7,12H,8-11H2,1-2H3,(H,17,20)/t23-/m1/s1. The molecule has 0 aliphatic rings. The van der Waals surface area contributed by atoms with E-state index in [2.05, 4.69) is 29.3 Å². The SMILES string of the molecule is CC(C)CCc1noc(C[S@](=O)CC(=O)Nc2ccccc2)n1. The van der Waals surface area contributed by atoms with Gasteiger partial charge in [-0.05, 0) is 24.5 Å². The van der Waals surface area contributed by atoms with E-state index < -0.39 is 10.8 Å². The highest BCUT2D eigenvalue weighted by molar-refractivity contribution is 7.84. The van der Waals surface area contributed by atoms with E-state index >= 15 is 0 Å². The molecule has 1 heterocycles. The summed E-state index contributed by atoms with van der Waals surface area (Å²) >= 11 is 0. The van der Waals surface area contributed by atoms with Crippen molar-refractivity contribution in [3.8, 4) is 0 Å². The minimum Gasteiger partial charge on any atom is -0.338 e. The molecule has 0 radical (unpaired) electrons. The number of rotatable bonds is 8. The van der Waals surface area contributed by atoms with Crippen LogP contribution in [0.25, 0.3) is 0 Å². The Kier molecular flexibility index (Phi) is 6.46. The minimum atomic E-state index is -1.38. The van der Waals surface area contributed by atoms with Crippen LogP contribution in [0.2, 0.25) is 0 Å². The molecule has 0 bridgehead atoms. The van der Waals surface area contributed by atoms with Gasteiger partial charge in [-0.25, -0.2) is 0 Å². The first-order valence-electron chi connectivity index (χ1n) is 7.54. The molecule has 0 aliphatic heterocycles. The van der Waals surface area contributed by atoms with Gasteiger partial charge in [0.1, 0.15) is 11.5 Å². The molecule has 1 atom stereocenters. The lowest BCUT2D eigenvalue weighted by atomic mass is 10.1.